The summed E-state index contributed by atoms with van der Waals surface area (Å²) in [6, 6.07) is 16.7. The maximum absolute atomic E-state index is 12.6. The Morgan fingerprint density at radius 2 is 1.45 bits per heavy atom. The molecule has 0 aliphatic rings. The van der Waals surface area contributed by atoms with E-state index < -0.39 is 16.1 Å². The summed E-state index contributed by atoms with van der Waals surface area (Å²) in [7, 11) is -3.84. The quantitative estimate of drug-likeness (QED) is 0.378. The van der Waals surface area contributed by atoms with Gasteiger partial charge in [-0.2, -0.15) is 0 Å². The first-order valence-electron chi connectivity index (χ1n) is 8.15. The Hall–Kier alpha value is -2.26. The molecule has 0 unspecified atom stereocenters. The van der Waals surface area contributed by atoms with Gasteiger partial charge in [0.15, 0.2) is 0 Å². The molecule has 3 rings (SSSR count). The monoisotopic (exact) mass is 513 g/mol. The van der Waals surface area contributed by atoms with Gasteiger partial charge in [-0.3, -0.25) is 4.72 Å². The van der Waals surface area contributed by atoms with Gasteiger partial charge in [0.25, 0.3) is 10.0 Å². The third kappa shape index (κ3) is 5.63. The van der Waals surface area contributed by atoms with E-state index in [0.717, 1.165) is 4.47 Å². The molecule has 0 aliphatic carbocycles. The first-order valence-corrected chi connectivity index (χ1v) is 11.2. The van der Waals surface area contributed by atoms with Crippen LogP contribution < -0.4 is 15.4 Å². The minimum Gasteiger partial charge on any atom is -0.306 e. The number of hydrogen-bond donors (Lipinski definition) is 3. The van der Waals surface area contributed by atoms with Crippen molar-refractivity contribution in [3.05, 3.63) is 81.2 Å². The van der Waals surface area contributed by atoms with Gasteiger partial charge in [-0.1, -0.05) is 51.3 Å². The van der Waals surface area contributed by atoms with Crippen molar-refractivity contribution < 1.29 is 13.2 Å². The third-order valence-electron chi connectivity index (χ3n) is 3.72. The molecule has 10 heteroatoms. The van der Waals surface area contributed by atoms with E-state index >= 15 is 0 Å². The summed E-state index contributed by atoms with van der Waals surface area (Å²) >= 11 is 15.2. The van der Waals surface area contributed by atoms with Crippen LogP contribution in [0.2, 0.25) is 10.0 Å². The number of urea groups is 1. The zero-order valence-corrected chi connectivity index (χ0v) is 18.5. The van der Waals surface area contributed by atoms with E-state index in [2.05, 4.69) is 31.3 Å². The zero-order chi connectivity index (χ0) is 21.0. The van der Waals surface area contributed by atoms with Gasteiger partial charge in [0.2, 0.25) is 0 Å². The van der Waals surface area contributed by atoms with Crippen molar-refractivity contribution in [2.75, 3.05) is 15.4 Å². The summed E-state index contributed by atoms with van der Waals surface area (Å²) in [4.78, 5) is 12.4. The van der Waals surface area contributed by atoms with E-state index in [1.165, 1.54) is 18.2 Å². The van der Waals surface area contributed by atoms with Gasteiger partial charge in [0.05, 0.1) is 27.0 Å². The van der Waals surface area contributed by atoms with Crippen molar-refractivity contribution in [3.8, 4) is 0 Å². The van der Waals surface area contributed by atoms with E-state index in [-0.39, 0.29) is 21.3 Å². The van der Waals surface area contributed by atoms with E-state index in [9.17, 15) is 13.2 Å². The van der Waals surface area contributed by atoms with Gasteiger partial charge in [0, 0.05) is 9.50 Å². The van der Waals surface area contributed by atoms with Crippen molar-refractivity contribution in [2.45, 2.75) is 4.90 Å². The lowest BCUT2D eigenvalue weighted by atomic mass is 10.3. The van der Waals surface area contributed by atoms with Gasteiger partial charge >= 0.3 is 6.03 Å². The molecule has 150 valence electrons. The Labute approximate surface area is 186 Å². The lowest BCUT2D eigenvalue weighted by Gasteiger charge is -2.14. The number of nitrogens with one attached hydrogen (secondary N) is 3. The number of hydrogen-bond acceptors (Lipinski definition) is 3. The second-order valence-corrected chi connectivity index (χ2v) is 9.25. The van der Waals surface area contributed by atoms with Crippen molar-refractivity contribution in [1.29, 1.82) is 0 Å². The summed E-state index contributed by atoms with van der Waals surface area (Å²) < 4.78 is 28.5. The molecule has 0 aromatic heterocycles. The lowest BCUT2D eigenvalue weighted by molar-refractivity contribution is 0.262. The van der Waals surface area contributed by atoms with E-state index in [0.29, 0.717) is 10.7 Å². The molecule has 0 fully saturated rings. The standard InChI is InChI=1S/C19H14BrCl2N3O3S/c20-12-5-8-14(9-6-12)29(27,28)25-18-4-2-1-3-17(18)24-19(26)23-16-10-7-13(21)11-15(16)22/h1-11,25H,(H2,23,24,26). The average Bonchev–Trinajstić information content (AvgIpc) is 2.66. The van der Waals surface area contributed by atoms with Crippen LogP contribution in [-0.2, 0) is 10.0 Å². The SMILES string of the molecule is O=C(Nc1ccc(Cl)cc1Cl)Nc1ccccc1NS(=O)(=O)c1ccc(Br)cc1. The topological polar surface area (TPSA) is 87.3 Å². The molecule has 0 bridgehead atoms. The maximum Gasteiger partial charge on any atom is 0.323 e. The van der Waals surface area contributed by atoms with Crippen LogP contribution in [-0.4, -0.2) is 14.4 Å². The van der Waals surface area contributed by atoms with Crippen LogP contribution in [0.15, 0.2) is 76.1 Å². The number of halogens is 3. The molecule has 0 radical (unpaired) electrons. The number of sulfonamides is 1. The normalized spacial score (nSPS) is 11.0. The second kappa shape index (κ2) is 9.04. The molecule has 6 nitrogen and oxygen atoms in total. The fourth-order valence-electron chi connectivity index (χ4n) is 2.37. The van der Waals surface area contributed by atoms with Crippen LogP contribution in [0.5, 0.6) is 0 Å². The van der Waals surface area contributed by atoms with Crippen molar-refractivity contribution >= 4 is 72.2 Å². The van der Waals surface area contributed by atoms with E-state index in [1.54, 1.807) is 48.5 Å². The number of benzene rings is 3. The summed E-state index contributed by atoms with van der Waals surface area (Å²) in [5.74, 6) is 0. The Morgan fingerprint density at radius 3 is 2.10 bits per heavy atom. The molecular formula is C19H14BrCl2N3O3S. The molecule has 0 aliphatic heterocycles. The first kappa shape index (κ1) is 21.4. The summed E-state index contributed by atoms with van der Waals surface area (Å²) in [5, 5.41) is 5.91. The third-order valence-corrected chi connectivity index (χ3v) is 6.18. The van der Waals surface area contributed by atoms with E-state index in [4.69, 9.17) is 23.2 Å². The Morgan fingerprint density at radius 1 is 0.828 bits per heavy atom. The molecule has 3 aromatic carbocycles. The summed E-state index contributed by atoms with van der Waals surface area (Å²) in [5.41, 5.74) is 0.852. The Balaban J connectivity index is 1.78. The number of rotatable bonds is 5. The number of carbonyl (C=O) groups is 1. The number of anilines is 3. The van der Waals surface area contributed by atoms with Crippen LogP contribution >= 0.6 is 39.1 Å². The fourth-order valence-corrected chi connectivity index (χ4v) is 4.17. The van der Waals surface area contributed by atoms with Crippen LogP contribution in [0.4, 0.5) is 21.9 Å². The molecule has 0 spiro atoms. The molecule has 0 atom stereocenters. The lowest BCUT2D eigenvalue weighted by Crippen LogP contribution is -2.21. The van der Waals surface area contributed by atoms with Crippen LogP contribution in [0, 0.1) is 0 Å². The molecule has 3 N–H and O–H groups in total. The number of carbonyl (C=O) groups excluding carboxylic acids is 1. The van der Waals surface area contributed by atoms with Crippen molar-refractivity contribution in [3.63, 3.8) is 0 Å². The maximum atomic E-state index is 12.6. The van der Waals surface area contributed by atoms with Gasteiger partial charge in [-0.15, -0.1) is 0 Å². The molecule has 2 amide bonds. The van der Waals surface area contributed by atoms with Gasteiger partial charge in [0.1, 0.15) is 0 Å². The zero-order valence-electron chi connectivity index (χ0n) is 14.6. The fraction of sp³-hybridized carbons (Fsp3) is 0. The molecule has 3 aromatic rings. The van der Waals surface area contributed by atoms with Crippen LogP contribution in [0.1, 0.15) is 0 Å². The highest BCUT2D eigenvalue weighted by Crippen LogP contribution is 2.27. The second-order valence-electron chi connectivity index (χ2n) is 5.81. The molecule has 0 saturated carbocycles. The van der Waals surface area contributed by atoms with Crippen LogP contribution in [0.25, 0.3) is 0 Å². The largest absolute Gasteiger partial charge is 0.323 e. The highest BCUT2D eigenvalue weighted by atomic mass is 79.9. The summed E-state index contributed by atoms with van der Waals surface area (Å²) in [6.07, 6.45) is 0. The smallest absolute Gasteiger partial charge is 0.306 e. The average molecular weight is 515 g/mol. The van der Waals surface area contributed by atoms with Crippen LogP contribution in [0.3, 0.4) is 0 Å². The minimum absolute atomic E-state index is 0.0906. The molecular weight excluding hydrogens is 501 g/mol. The minimum atomic E-state index is -3.84. The van der Waals surface area contributed by atoms with Gasteiger partial charge < -0.3 is 10.6 Å². The van der Waals surface area contributed by atoms with Gasteiger partial charge in [-0.25, -0.2) is 13.2 Å². The summed E-state index contributed by atoms with van der Waals surface area (Å²) in [6.45, 7) is 0. The number of amides is 2. The molecule has 29 heavy (non-hydrogen) atoms. The Kier molecular flexibility index (Phi) is 6.69. The molecule has 0 heterocycles. The van der Waals surface area contributed by atoms with Crippen molar-refractivity contribution in [2.24, 2.45) is 0 Å². The highest BCUT2D eigenvalue weighted by Gasteiger charge is 2.17. The first-order chi connectivity index (χ1) is 13.7. The van der Waals surface area contributed by atoms with E-state index in [1.807, 2.05) is 0 Å². The predicted molar refractivity (Wildman–Crippen MR) is 120 cm³/mol. The Bertz CT molecular complexity index is 1160. The predicted octanol–water partition coefficient (Wildman–Crippen LogP) is 6.20. The number of para-hydroxylation sites is 2. The molecule has 0 saturated heterocycles. The highest BCUT2D eigenvalue weighted by molar-refractivity contribution is 9.10. The van der Waals surface area contributed by atoms with Gasteiger partial charge in [-0.05, 0) is 54.6 Å². The van der Waals surface area contributed by atoms with Crippen molar-refractivity contribution in [1.82, 2.24) is 0 Å².